The maximum Gasteiger partial charge on any atom is 0.341 e. The molecule has 3 rings (SSSR count). The minimum absolute atomic E-state index is 0.263. The number of esters is 1. The average Bonchev–Trinajstić information content (AvgIpc) is 3.16. The quantitative estimate of drug-likeness (QED) is 0.781. The number of ether oxygens (including phenoxy) is 1. The van der Waals surface area contributed by atoms with Crippen LogP contribution in [-0.4, -0.2) is 36.5 Å². The molecule has 0 unspecified atom stereocenters. The number of hydrogen-bond acceptors (Lipinski definition) is 6. The first kappa shape index (κ1) is 18.4. The molecule has 1 N–H and O–H groups in total. The minimum Gasteiger partial charge on any atom is -0.465 e. The summed E-state index contributed by atoms with van der Waals surface area (Å²) in [7, 11) is 1.36. The van der Waals surface area contributed by atoms with Gasteiger partial charge in [0.1, 0.15) is 5.00 Å². The second kappa shape index (κ2) is 7.45. The number of methoxy groups -OCH3 is 1. The van der Waals surface area contributed by atoms with Crippen LogP contribution in [0.3, 0.4) is 0 Å². The molecular weight excluding hydrogens is 380 g/mol. The van der Waals surface area contributed by atoms with E-state index in [1.807, 2.05) is 0 Å². The van der Waals surface area contributed by atoms with Crippen molar-refractivity contribution in [1.82, 2.24) is 4.90 Å². The van der Waals surface area contributed by atoms with Crippen LogP contribution in [0.2, 0.25) is 4.34 Å². The van der Waals surface area contributed by atoms with Gasteiger partial charge >= 0.3 is 5.97 Å². The zero-order chi connectivity index (χ0) is 18.1. The number of carbonyl (C=O) groups excluding carboxylic acids is 2. The summed E-state index contributed by atoms with van der Waals surface area (Å²) in [5.74, 6) is -0.670. The second-order valence-electron chi connectivity index (χ2n) is 6.07. The predicted molar refractivity (Wildman–Crippen MR) is 102 cm³/mol. The number of rotatable bonds is 4. The van der Waals surface area contributed by atoms with E-state index >= 15 is 0 Å². The highest BCUT2D eigenvalue weighted by atomic mass is 35.5. The van der Waals surface area contributed by atoms with E-state index in [-0.39, 0.29) is 5.91 Å². The van der Waals surface area contributed by atoms with E-state index in [1.165, 1.54) is 29.8 Å². The lowest BCUT2D eigenvalue weighted by atomic mass is 10.0. The fourth-order valence-electron chi connectivity index (χ4n) is 2.87. The molecule has 1 aliphatic heterocycles. The van der Waals surface area contributed by atoms with Crippen LogP contribution in [0.25, 0.3) is 0 Å². The summed E-state index contributed by atoms with van der Waals surface area (Å²) in [4.78, 5) is 28.7. The van der Waals surface area contributed by atoms with Gasteiger partial charge < -0.3 is 10.1 Å². The Labute approximate surface area is 159 Å². The minimum atomic E-state index is -0.407. The lowest BCUT2D eigenvalue weighted by Crippen LogP contribution is -2.35. The van der Waals surface area contributed by atoms with Gasteiger partial charge in [-0.25, -0.2) is 4.79 Å². The Morgan fingerprint density at radius 1 is 1.32 bits per heavy atom. The number of thiophene rings is 2. The van der Waals surface area contributed by atoms with Gasteiger partial charge in [-0.2, -0.15) is 0 Å². The van der Waals surface area contributed by atoms with Gasteiger partial charge in [0.05, 0.1) is 21.9 Å². The number of nitrogens with one attached hydrogen (secondary N) is 1. The Morgan fingerprint density at radius 2 is 2.08 bits per heavy atom. The standard InChI is InChI=1S/C17H19ClN2O3S2/c1-9(2)20-7-6-10-12(8-20)25-16(14(10)17(22)23-3)19-15(21)11-4-5-13(18)24-11/h4-5,9H,6-8H2,1-3H3,(H,19,21). The van der Waals surface area contributed by atoms with Crippen molar-refractivity contribution in [3.05, 3.63) is 37.4 Å². The molecule has 0 aliphatic carbocycles. The predicted octanol–water partition coefficient (Wildman–Crippen LogP) is 4.27. The van der Waals surface area contributed by atoms with E-state index in [2.05, 4.69) is 24.1 Å². The largest absolute Gasteiger partial charge is 0.465 e. The zero-order valence-electron chi connectivity index (χ0n) is 14.2. The first-order chi connectivity index (χ1) is 11.9. The van der Waals surface area contributed by atoms with Gasteiger partial charge in [0.2, 0.25) is 0 Å². The van der Waals surface area contributed by atoms with Gasteiger partial charge in [0.25, 0.3) is 5.91 Å². The maximum absolute atomic E-state index is 12.5. The Balaban J connectivity index is 1.93. The van der Waals surface area contributed by atoms with Crippen molar-refractivity contribution in [2.75, 3.05) is 19.0 Å². The Bertz CT molecular complexity index is 813. The third kappa shape index (κ3) is 3.74. The van der Waals surface area contributed by atoms with Gasteiger partial charge in [-0.3, -0.25) is 9.69 Å². The van der Waals surface area contributed by atoms with Crippen LogP contribution in [0.5, 0.6) is 0 Å². The SMILES string of the molecule is COC(=O)c1c(NC(=O)c2ccc(Cl)s2)sc2c1CCN(C(C)C)C2. The van der Waals surface area contributed by atoms with E-state index in [4.69, 9.17) is 16.3 Å². The molecule has 5 nitrogen and oxygen atoms in total. The second-order valence-corrected chi connectivity index (χ2v) is 8.89. The molecule has 134 valence electrons. The summed E-state index contributed by atoms with van der Waals surface area (Å²) >= 11 is 8.56. The van der Waals surface area contributed by atoms with Gasteiger partial charge in [-0.1, -0.05) is 11.6 Å². The first-order valence-corrected chi connectivity index (χ1v) is 9.95. The Morgan fingerprint density at radius 3 is 2.68 bits per heavy atom. The average molecular weight is 399 g/mol. The van der Waals surface area contributed by atoms with Crippen LogP contribution in [0.15, 0.2) is 12.1 Å². The van der Waals surface area contributed by atoms with E-state index in [0.29, 0.717) is 25.8 Å². The van der Waals surface area contributed by atoms with E-state index in [9.17, 15) is 9.59 Å². The Hall–Kier alpha value is -1.41. The van der Waals surface area contributed by atoms with Crippen LogP contribution in [-0.2, 0) is 17.7 Å². The van der Waals surface area contributed by atoms with Gasteiger partial charge in [0, 0.05) is 24.0 Å². The third-order valence-electron chi connectivity index (χ3n) is 4.23. The lowest BCUT2D eigenvalue weighted by Gasteiger charge is -2.30. The molecular formula is C17H19ClN2O3S2. The number of halogens is 1. The fourth-order valence-corrected chi connectivity index (χ4v) is 5.07. The number of anilines is 1. The number of amides is 1. The third-order valence-corrected chi connectivity index (χ3v) is 6.59. The molecule has 2 aromatic rings. The van der Waals surface area contributed by atoms with Crippen LogP contribution in [0.4, 0.5) is 5.00 Å². The van der Waals surface area contributed by atoms with Crippen molar-refractivity contribution < 1.29 is 14.3 Å². The smallest absolute Gasteiger partial charge is 0.341 e. The van der Waals surface area contributed by atoms with Gasteiger partial charge in [-0.15, -0.1) is 22.7 Å². The van der Waals surface area contributed by atoms with Crippen molar-refractivity contribution in [1.29, 1.82) is 0 Å². The van der Waals surface area contributed by atoms with Gasteiger partial charge in [-0.05, 0) is 38.0 Å². The number of nitrogens with zero attached hydrogens (tertiary/aromatic N) is 1. The van der Waals surface area contributed by atoms with E-state index < -0.39 is 5.97 Å². The van der Waals surface area contributed by atoms with Crippen molar-refractivity contribution in [3.63, 3.8) is 0 Å². The maximum atomic E-state index is 12.5. The molecule has 0 bridgehead atoms. The van der Waals surface area contributed by atoms with Crippen molar-refractivity contribution >= 4 is 51.2 Å². The van der Waals surface area contributed by atoms with Gasteiger partial charge in [0.15, 0.2) is 0 Å². The lowest BCUT2D eigenvalue weighted by molar-refractivity contribution is 0.0600. The first-order valence-electron chi connectivity index (χ1n) is 7.94. The molecule has 1 amide bonds. The topological polar surface area (TPSA) is 58.6 Å². The van der Waals surface area contributed by atoms with Crippen LogP contribution in [0.1, 0.15) is 44.3 Å². The molecule has 0 saturated heterocycles. The van der Waals surface area contributed by atoms with Crippen molar-refractivity contribution in [2.24, 2.45) is 0 Å². The normalized spacial score (nSPS) is 14.4. The molecule has 0 fully saturated rings. The summed E-state index contributed by atoms with van der Waals surface area (Å²) < 4.78 is 5.50. The molecule has 0 radical (unpaired) electrons. The van der Waals surface area contributed by atoms with Crippen LogP contribution in [0, 0.1) is 0 Å². The monoisotopic (exact) mass is 398 g/mol. The molecule has 3 heterocycles. The molecule has 1 aliphatic rings. The number of carbonyl (C=O) groups is 2. The summed E-state index contributed by atoms with van der Waals surface area (Å²) in [6, 6.07) is 3.79. The zero-order valence-corrected chi connectivity index (χ0v) is 16.6. The summed E-state index contributed by atoms with van der Waals surface area (Å²) in [5, 5.41) is 3.42. The summed E-state index contributed by atoms with van der Waals surface area (Å²) in [6.07, 6.45) is 0.773. The van der Waals surface area contributed by atoms with Crippen molar-refractivity contribution in [2.45, 2.75) is 32.9 Å². The summed E-state index contributed by atoms with van der Waals surface area (Å²) in [6.45, 7) is 5.98. The highest BCUT2D eigenvalue weighted by Crippen LogP contribution is 2.38. The fraction of sp³-hybridized carbons (Fsp3) is 0.412. The molecule has 0 aromatic carbocycles. The molecule has 0 spiro atoms. The Kier molecular flexibility index (Phi) is 5.48. The van der Waals surface area contributed by atoms with E-state index in [1.54, 1.807) is 12.1 Å². The van der Waals surface area contributed by atoms with Crippen molar-refractivity contribution in [3.8, 4) is 0 Å². The van der Waals surface area contributed by atoms with E-state index in [0.717, 1.165) is 30.0 Å². The molecule has 0 saturated carbocycles. The molecule has 0 atom stereocenters. The molecule has 25 heavy (non-hydrogen) atoms. The number of hydrogen-bond donors (Lipinski definition) is 1. The number of fused-ring (bicyclic) bond motifs is 1. The van der Waals surface area contributed by atoms with Crippen LogP contribution < -0.4 is 5.32 Å². The summed E-state index contributed by atoms with van der Waals surface area (Å²) in [5.41, 5.74) is 1.48. The van der Waals surface area contributed by atoms with Crippen LogP contribution >= 0.6 is 34.3 Å². The molecule has 2 aromatic heterocycles. The molecule has 8 heteroatoms. The highest BCUT2D eigenvalue weighted by Gasteiger charge is 2.30. The highest BCUT2D eigenvalue weighted by molar-refractivity contribution is 7.18.